The molecule has 0 bridgehead atoms. The summed E-state index contributed by atoms with van der Waals surface area (Å²) in [7, 11) is 1.90. The molecule has 1 rings (SSSR count). The van der Waals surface area contributed by atoms with E-state index < -0.39 is 0 Å². The zero-order valence-electron chi connectivity index (χ0n) is 8.30. The lowest BCUT2D eigenvalue weighted by Crippen LogP contribution is -2.06. The highest BCUT2D eigenvalue weighted by Crippen LogP contribution is 2.17. The van der Waals surface area contributed by atoms with Gasteiger partial charge < -0.3 is 5.32 Å². The maximum absolute atomic E-state index is 4.35. The Balaban J connectivity index is 2.90. The van der Waals surface area contributed by atoms with Crippen molar-refractivity contribution < 1.29 is 0 Å². The van der Waals surface area contributed by atoms with Gasteiger partial charge in [-0.25, -0.2) is 4.99 Å². The van der Waals surface area contributed by atoms with Gasteiger partial charge in [0.25, 0.3) is 0 Å². The number of allylic oxidation sites excluding steroid dienone is 4. The summed E-state index contributed by atoms with van der Waals surface area (Å²) in [5.41, 5.74) is 2.51. The molecule has 1 N–H and O–H groups in total. The summed E-state index contributed by atoms with van der Waals surface area (Å²) in [6, 6.07) is 0. The number of nitrogens with zero attached hydrogens (tertiary/aromatic N) is 1. The average molecular weight is 176 g/mol. The fraction of sp³-hybridized carbons (Fsp3) is 0.364. The van der Waals surface area contributed by atoms with E-state index >= 15 is 0 Å². The van der Waals surface area contributed by atoms with Gasteiger partial charge in [-0.15, -0.1) is 6.58 Å². The first-order valence-electron chi connectivity index (χ1n) is 4.49. The first-order chi connectivity index (χ1) is 6.27. The minimum Gasteiger partial charge on any atom is -0.373 e. The van der Waals surface area contributed by atoms with E-state index in [2.05, 4.69) is 29.9 Å². The van der Waals surface area contributed by atoms with Crippen molar-refractivity contribution in [2.75, 3.05) is 7.05 Å². The average Bonchev–Trinajstić information content (AvgIpc) is 2.30. The van der Waals surface area contributed by atoms with Crippen LogP contribution in [0.3, 0.4) is 0 Å². The van der Waals surface area contributed by atoms with Crippen LogP contribution in [0.25, 0.3) is 0 Å². The van der Waals surface area contributed by atoms with Crippen molar-refractivity contribution in [2.45, 2.75) is 19.8 Å². The van der Waals surface area contributed by atoms with Gasteiger partial charge in [-0.2, -0.15) is 0 Å². The topological polar surface area (TPSA) is 24.4 Å². The lowest BCUT2D eigenvalue weighted by Gasteiger charge is -2.05. The largest absolute Gasteiger partial charge is 0.373 e. The zero-order chi connectivity index (χ0) is 9.68. The van der Waals surface area contributed by atoms with Crippen LogP contribution in [0.1, 0.15) is 19.8 Å². The van der Waals surface area contributed by atoms with Crippen LogP contribution in [-0.2, 0) is 0 Å². The highest BCUT2D eigenvalue weighted by molar-refractivity contribution is 5.79. The third-order valence-electron chi connectivity index (χ3n) is 2.03. The van der Waals surface area contributed by atoms with Gasteiger partial charge in [-0.05, 0) is 30.9 Å². The molecule has 0 atom stereocenters. The van der Waals surface area contributed by atoms with Gasteiger partial charge in [-0.3, -0.25) is 0 Å². The fourth-order valence-corrected chi connectivity index (χ4v) is 1.29. The molecule has 0 saturated carbocycles. The molecule has 2 nitrogen and oxygen atoms in total. The number of hydrogen-bond donors (Lipinski definition) is 1. The molecule has 0 aliphatic carbocycles. The highest BCUT2D eigenvalue weighted by atomic mass is 15.0. The Morgan fingerprint density at radius 3 is 3.08 bits per heavy atom. The number of nitrogens with one attached hydrogen (secondary N) is 1. The Kier molecular flexibility index (Phi) is 3.50. The second-order valence-electron chi connectivity index (χ2n) is 3.11. The third-order valence-corrected chi connectivity index (χ3v) is 2.03. The molecule has 0 fully saturated rings. The van der Waals surface area contributed by atoms with E-state index in [1.807, 2.05) is 19.3 Å². The van der Waals surface area contributed by atoms with Gasteiger partial charge in [0.05, 0.1) is 0 Å². The Morgan fingerprint density at radius 2 is 2.46 bits per heavy atom. The van der Waals surface area contributed by atoms with E-state index in [-0.39, 0.29) is 0 Å². The zero-order valence-corrected chi connectivity index (χ0v) is 8.30. The molecule has 70 valence electrons. The molecule has 0 spiro atoms. The Bertz CT molecular complexity index is 282. The van der Waals surface area contributed by atoms with Crippen molar-refractivity contribution >= 4 is 6.21 Å². The summed E-state index contributed by atoms with van der Waals surface area (Å²) in [4.78, 5) is 4.35. The monoisotopic (exact) mass is 176 g/mol. The molecule has 13 heavy (non-hydrogen) atoms. The molecular formula is C11H16N2. The molecular weight excluding hydrogens is 160 g/mol. The van der Waals surface area contributed by atoms with Crippen molar-refractivity contribution in [1.82, 2.24) is 5.32 Å². The van der Waals surface area contributed by atoms with Gasteiger partial charge in [0.1, 0.15) is 5.82 Å². The lowest BCUT2D eigenvalue weighted by molar-refractivity contribution is 0.903. The number of aliphatic imine (C=N–C) groups is 1. The number of rotatable bonds is 3. The van der Waals surface area contributed by atoms with Gasteiger partial charge in [0.15, 0.2) is 0 Å². The van der Waals surface area contributed by atoms with Crippen LogP contribution in [0.5, 0.6) is 0 Å². The van der Waals surface area contributed by atoms with E-state index in [9.17, 15) is 0 Å². The van der Waals surface area contributed by atoms with Gasteiger partial charge in [-0.1, -0.05) is 12.2 Å². The van der Waals surface area contributed by atoms with Gasteiger partial charge >= 0.3 is 0 Å². The quantitative estimate of drug-likeness (QED) is 0.656. The minimum absolute atomic E-state index is 0.900. The Morgan fingerprint density at radius 1 is 1.69 bits per heavy atom. The van der Waals surface area contributed by atoms with Crippen LogP contribution in [0.15, 0.2) is 40.7 Å². The molecule has 1 aliphatic rings. The minimum atomic E-state index is 0.900. The van der Waals surface area contributed by atoms with Crippen molar-refractivity contribution in [3.05, 3.63) is 35.7 Å². The van der Waals surface area contributed by atoms with Crippen molar-refractivity contribution in [1.29, 1.82) is 0 Å². The van der Waals surface area contributed by atoms with Crippen LogP contribution >= 0.6 is 0 Å². The standard InChI is InChI=1S/C11H16N2/c1-4-5-10-7-6-9(2)8-13-11(10)12-3/h4,6,8,12H,1,5,7H2,2-3H3. The summed E-state index contributed by atoms with van der Waals surface area (Å²) in [5, 5.41) is 3.10. The summed E-state index contributed by atoms with van der Waals surface area (Å²) in [6.45, 7) is 5.80. The molecule has 0 radical (unpaired) electrons. The molecule has 0 amide bonds. The maximum atomic E-state index is 4.35. The summed E-state index contributed by atoms with van der Waals surface area (Å²) < 4.78 is 0. The molecule has 0 saturated heterocycles. The van der Waals surface area contributed by atoms with Crippen molar-refractivity contribution in [2.24, 2.45) is 4.99 Å². The van der Waals surface area contributed by atoms with Crippen molar-refractivity contribution in [3.8, 4) is 0 Å². The van der Waals surface area contributed by atoms with Gasteiger partial charge in [0.2, 0.25) is 0 Å². The predicted octanol–water partition coefficient (Wildman–Crippen LogP) is 2.41. The summed E-state index contributed by atoms with van der Waals surface area (Å²) in [5.74, 6) is 0.980. The normalized spacial score (nSPS) is 16.6. The molecule has 0 aromatic carbocycles. The number of hydrogen-bond acceptors (Lipinski definition) is 2. The van der Waals surface area contributed by atoms with E-state index in [1.54, 1.807) is 0 Å². The molecule has 0 aromatic rings. The smallest absolute Gasteiger partial charge is 0.125 e. The van der Waals surface area contributed by atoms with Crippen LogP contribution < -0.4 is 5.32 Å². The predicted molar refractivity (Wildman–Crippen MR) is 57.8 cm³/mol. The van der Waals surface area contributed by atoms with Crippen LogP contribution in [0, 0.1) is 0 Å². The SMILES string of the molecule is C=CCC1=C(NC)N=CC(C)=CC1. The second-order valence-corrected chi connectivity index (χ2v) is 3.11. The third kappa shape index (κ3) is 2.58. The van der Waals surface area contributed by atoms with Crippen molar-refractivity contribution in [3.63, 3.8) is 0 Å². The molecule has 0 aromatic heterocycles. The lowest BCUT2D eigenvalue weighted by atomic mass is 10.1. The van der Waals surface area contributed by atoms with E-state index in [1.165, 1.54) is 11.1 Å². The van der Waals surface area contributed by atoms with E-state index in [0.717, 1.165) is 18.7 Å². The molecule has 1 heterocycles. The maximum Gasteiger partial charge on any atom is 0.125 e. The molecule has 0 unspecified atom stereocenters. The fourth-order valence-electron chi connectivity index (χ4n) is 1.29. The second kappa shape index (κ2) is 4.65. The van der Waals surface area contributed by atoms with Crippen LogP contribution in [-0.4, -0.2) is 13.3 Å². The first-order valence-corrected chi connectivity index (χ1v) is 4.49. The summed E-state index contributed by atoms with van der Waals surface area (Å²) in [6.07, 6.45) is 7.86. The van der Waals surface area contributed by atoms with E-state index in [4.69, 9.17) is 0 Å². The van der Waals surface area contributed by atoms with Gasteiger partial charge in [0, 0.05) is 13.3 Å². The van der Waals surface area contributed by atoms with Crippen LogP contribution in [0.2, 0.25) is 0 Å². The highest BCUT2D eigenvalue weighted by Gasteiger charge is 2.04. The van der Waals surface area contributed by atoms with E-state index in [0.29, 0.717) is 0 Å². The Labute approximate surface area is 79.8 Å². The molecule has 1 aliphatic heterocycles. The first kappa shape index (κ1) is 9.78. The van der Waals surface area contributed by atoms with Crippen LogP contribution in [0.4, 0.5) is 0 Å². The molecule has 2 heteroatoms. The Hall–Kier alpha value is -1.31. The summed E-state index contributed by atoms with van der Waals surface area (Å²) >= 11 is 0.